The number of ether oxygens (including phenoxy) is 1. The minimum Gasteiger partial charge on any atom is -0.456 e. The van der Waals surface area contributed by atoms with Crippen LogP contribution < -0.4 is 10.6 Å². The molecule has 2 N–H and O–H groups in total. The number of carbonyl (C=O) groups is 1. The van der Waals surface area contributed by atoms with E-state index in [4.69, 9.17) is 9.15 Å². The van der Waals surface area contributed by atoms with Crippen LogP contribution in [0.1, 0.15) is 12.8 Å². The third-order valence-electron chi connectivity index (χ3n) is 5.10. The smallest absolute Gasteiger partial charge is 0.233 e. The van der Waals surface area contributed by atoms with Crippen LogP contribution in [0.3, 0.4) is 0 Å². The molecule has 5 heteroatoms. The van der Waals surface area contributed by atoms with Gasteiger partial charge in [0.15, 0.2) is 0 Å². The Bertz CT molecular complexity index is 904. The van der Waals surface area contributed by atoms with Crippen LogP contribution in [0.5, 0.6) is 0 Å². The first-order valence-electron chi connectivity index (χ1n) is 8.64. The number of furan rings is 1. The zero-order valence-corrected chi connectivity index (χ0v) is 14.3. The van der Waals surface area contributed by atoms with Gasteiger partial charge in [0, 0.05) is 29.6 Å². The molecule has 25 heavy (non-hydrogen) atoms. The Balaban J connectivity index is 1.63. The fourth-order valence-electron chi connectivity index (χ4n) is 3.69. The maximum absolute atomic E-state index is 12.9. The fourth-order valence-corrected chi connectivity index (χ4v) is 3.69. The van der Waals surface area contributed by atoms with Crippen molar-refractivity contribution in [3.8, 4) is 0 Å². The number of para-hydroxylation sites is 1. The van der Waals surface area contributed by atoms with Gasteiger partial charge in [0.1, 0.15) is 11.2 Å². The molecule has 0 spiro atoms. The molecule has 0 atom stereocenters. The van der Waals surface area contributed by atoms with E-state index in [1.54, 1.807) is 7.11 Å². The lowest BCUT2D eigenvalue weighted by molar-refractivity contribution is -0.130. The number of amides is 1. The van der Waals surface area contributed by atoms with Crippen molar-refractivity contribution in [2.45, 2.75) is 12.8 Å². The second-order valence-corrected chi connectivity index (χ2v) is 6.73. The summed E-state index contributed by atoms with van der Waals surface area (Å²) in [6.45, 7) is 2.10. The van der Waals surface area contributed by atoms with Crippen LogP contribution in [-0.4, -0.2) is 32.7 Å². The molecule has 0 radical (unpaired) electrons. The van der Waals surface area contributed by atoms with Crippen molar-refractivity contribution in [1.29, 1.82) is 0 Å². The van der Waals surface area contributed by atoms with E-state index in [2.05, 4.69) is 10.6 Å². The predicted molar refractivity (Wildman–Crippen MR) is 98.8 cm³/mol. The SMILES string of the molecule is COCC1(C(=O)Nc2ccc3c(c2)oc2ccccc23)CCNCC1. The molecule has 0 bridgehead atoms. The van der Waals surface area contributed by atoms with Gasteiger partial charge in [-0.05, 0) is 44.1 Å². The van der Waals surface area contributed by atoms with E-state index in [0.717, 1.165) is 53.6 Å². The summed E-state index contributed by atoms with van der Waals surface area (Å²) < 4.78 is 11.3. The molecule has 1 aliphatic rings. The molecular weight excluding hydrogens is 316 g/mol. The first kappa shape index (κ1) is 16.1. The van der Waals surface area contributed by atoms with Gasteiger partial charge in [0.05, 0.1) is 12.0 Å². The van der Waals surface area contributed by atoms with Crippen molar-refractivity contribution in [3.63, 3.8) is 0 Å². The van der Waals surface area contributed by atoms with Gasteiger partial charge in [-0.2, -0.15) is 0 Å². The van der Waals surface area contributed by atoms with Crippen molar-refractivity contribution < 1.29 is 13.9 Å². The third-order valence-corrected chi connectivity index (χ3v) is 5.10. The van der Waals surface area contributed by atoms with E-state index in [9.17, 15) is 4.79 Å². The van der Waals surface area contributed by atoms with Gasteiger partial charge in [-0.15, -0.1) is 0 Å². The maximum Gasteiger partial charge on any atom is 0.233 e. The third kappa shape index (κ3) is 2.90. The zero-order chi connectivity index (χ0) is 17.3. The van der Waals surface area contributed by atoms with Crippen molar-refractivity contribution in [2.75, 3.05) is 32.1 Å². The Labute approximate surface area is 146 Å². The van der Waals surface area contributed by atoms with Crippen LogP contribution in [0.25, 0.3) is 21.9 Å². The molecule has 1 saturated heterocycles. The number of nitrogens with one attached hydrogen (secondary N) is 2. The van der Waals surface area contributed by atoms with E-state index < -0.39 is 5.41 Å². The van der Waals surface area contributed by atoms with Crippen LogP contribution in [0, 0.1) is 5.41 Å². The van der Waals surface area contributed by atoms with Gasteiger partial charge in [-0.1, -0.05) is 18.2 Å². The largest absolute Gasteiger partial charge is 0.456 e. The summed E-state index contributed by atoms with van der Waals surface area (Å²) in [6, 6.07) is 13.8. The van der Waals surface area contributed by atoms with Crippen molar-refractivity contribution in [3.05, 3.63) is 42.5 Å². The summed E-state index contributed by atoms with van der Waals surface area (Å²) in [6.07, 6.45) is 1.55. The summed E-state index contributed by atoms with van der Waals surface area (Å²) in [5.41, 5.74) is 1.92. The Morgan fingerprint density at radius 2 is 1.92 bits per heavy atom. The van der Waals surface area contributed by atoms with Crippen LogP contribution in [0.2, 0.25) is 0 Å². The zero-order valence-electron chi connectivity index (χ0n) is 14.3. The summed E-state index contributed by atoms with van der Waals surface area (Å²) in [4.78, 5) is 12.9. The monoisotopic (exact) mass is 338 g/mol. The predicted octanol–water partition coefficient (Wildman–Crippen LogP) is 3.54. The number of piperidine rings is 1. The van der Waals surface area contributed by atoms with Crippen LogP contribution in [-0.2, 0) is 9.53 Å². The summed E-state index contributed by atoms with van der Waals surface area (Å²) in [7, 11) is 1.65. The number of hydrogen-bond acceptors (Lipinski definition) is 4. The van der Waals surface area contributed by atoms with Crippen LogP contribution in [0.15, 0.2) is 46.9 Å². The Kier molecular flexibility index (Phi) is 4.19. The topological polar surface area (TPSA) is 63.5 Å². The highest BCUT2D eigenvalue weighted by atomic mass is 16.5. The van der Waals surface area contributed by atoms with Crippen LogP contribution >= 0.6 is 0 Å². The number of carbonyl (C=O) groups excluding carboxylic acids is 1. The molecule has 2 aromatic carbocycles. The molecule has 2 heterocycles. The lowest BCUT2D eigenvalue weighted by atomic mass is 9.78. The van der Waals surface area contributed by atoms with Gasteiger partial charge in [0.25, 0.3) is 0 Å². The molecule has 0 aliphatic carbocycles. The average molecular weight is 338 g/mol. The van der Waals surface area contributed by atoms with Crippen molar-refractivity contribution >= 4 is 33.5 Å². The van der Waals surface area contributed by atoms with Crippen LogP contribution in [0.4, 0.5) is 5.69 Å². The second-order valence-electron chi connectivity index (χ2n) is 6.73. The molecule has 5 nitrogen and oxygen atoms in total. The molecule has 1 fully saturated rings. The molecule has 0 unspecified atom stereocenters. The lowest BCUT2D eigenvalue weighted by Gasteiger charge is -2.35. The minimum absolute atomic E-state index is 0.0197. The quantitative estimate of drug-likeness (QED) is 0.764. The Morgan fingerprint density at radius 3 is 2.72 bits per heavy atom. The molecular formula is C20H22N2O3. The second kappa shape index (κ2) is 6.50. The van der Waals surface area contributed by atoms with E-state index in [-0.39, 0.29) is 5.91 Å². The molecule has 130 valence electrons. The van der Waals surface area contributed by atoms with Crippen molar-refractivity contribution in [2.24, 2.45) is 5.41 Å². The van der Waals surface area contributed by atoms with Gasteiger partial charge in [-0.3, -0.25) is 4.79 Å². The van der Waals surface area contributed by atoms with E-state index in [0.29, 0.717) is 6.61 Å². The van der Waals surface area contributed by atoms with Gasteiger partial charge >= 0.3 is 0 Å². The molecule has 4 rings (SSSR count). The standard InChI is InChI=1S/C20H22N2O3/c1-24-13-20(8-10-21-11-9-20)19(23)22-14-6-7-16-15-4-2-3-5-17(15)25-18(16)12-14/h2-7,12,21H,8-11,13H2,1H3,(H,22,23). The summed E-state index contributed by atoms with van der Waals surface area (Å²) in [5.74, 6) is 0.0197. The lowest BCUT2D eigenvalue weighted by Crippen LogP contribution is -2.47. The number of anilines is 1. The number of hydrogen-bond donors (Lipinski definition) is 2. The Morgan fingerprint density at radius 1 is 1.16 bits per heavy atom. The Hall–Kier alpha value is -2.37. The highest BCUT2D eigenvalue weighted by Crippen LogP contribution is 2.33. The summed E-state index contributed by atoms with van der Waals surface area (Å²) >= 11 is 0. The summed E-state index contributed by atoms with van der Waals surface area (Å²) in [5, 5.41) is 8.52. The number of methoxy groups -OCH3 is 1. The molecule has 1 aromatic heterocycles. The van der Waals surface area contributed by atoms with E-state index >= 15 is 0 Å². The average Bonchev–Trinajstić information content (AvgIpc) is 3.00. The molecule has 3 aromatic rings. The number of benzene rings is 2. The van der Waals surface area contributed by atoms with Crippen molar-refractivity contribution in [1.82, 2.24) is 5.32 Å². The highest BCUT2D eigenvalue weighted by Gasteiger charge is 2.39. The maximum atomic E-state index is 12.9. The van der Waals surface area contributed by atoms with E-state index in [1.165, 1.54) is 0 Å². The highest BCUT2D eigenvalue weighted by molar-refractivity contribution is 6.06. The number of fused-ring (bicyclic) bond motifs is 3. The van der Waals surface area contributed by atoms with Gasteiger partial charge in [-0.25, -0.2) is 0 Å². The van der Waals surface area contributed by atoms with Gasteiger partial charge in [0.2, 0.25) is 5.91 Å². The molecule has 1 aliphatic heterocycles. The van der Waals surface area contributed by atoms with Gasteiger partial charge < -0.3 is 19.8 Å². The molecule has 0 saturated carbocycles. The van der Waals surface area contributed by atoms with E-state index in [1.807, 2.05) is 42.5 Å². The first-order chi connectivity index (χ1) is 12.2. The normalized spacial score (nSPS) is 17.0. The minimum atomic E-state index is -0.469. The first-order valence-corrected chi connectivity index (χ1v) is 8.64. The molecule has 1 amide bonds. The fraction of sp³-hybridized carbons (Fsp3) is 0.350. The number of rotatable bonds is 4.